The fraction of sp³-hybridized carbons (Fsp3) is 0.750. The van der Waals surface area contributed by atoms with Gasteiger partial charge in [-0.15, -0.1) is 0 Å². The fourth-order valence-corrected chi connectivity index (χ4v) is 2.30. The van der Waals surface area contributed by atoms with E-state index in [2.05, 4.69) is 29.1 Å². The Morgan fingerprint density at radius 2 is 2.33 bits per heavy atom. The molecular formula is C12H21N3. The van der Waals surface area contributed by atoms with E-state index < -0.39 is 0 Å². The van der Waals surface area contributed by atoms with E-state index in [4.69, 9.17) is 0 Å². The summed E-state index contributed by atoms with van der Waals surface area (Å²) in [6.45, 7) is 5.50. The predicted molar refractivity (Wildman–Crippen MR) is 62.0 cm³/mol. The predicted octanol–water partition coefficient (Wildman–Crippen LogP) is 1.97. The fourth-order valence-electron chi connectivity index (χ4n) is 2.30. The van der Waals surface area contributed by atoms with Gasteiger partial charge in [0.25, 0.3) is 0 Å². The first kappa shape index (κ1) is 10.7. The molecule has 1 atom stereocenters. The van der Waals surface area contributed by atoms with Gasteiger partial charge >= 0.3 is 0 Å². The van der Waals surface area contributed by atoms with Crippen LogP contribution in [0, 0.1) is 6.92 Å². The van der Waals surface area contributed by atoms with Gasteiger partial charge in [-0.05, 0) is 32.7 Å². The van der Waals surface area contributed by atoms with Crippen molar-refractivity contribution in [3.63, 3.8) is 0 Å². The molecule has 2 heterocycles. The summed E-state index contributed by atoms with van der Waals surface area (Å²) in [6, 6.07) is 0.644. The molecule has 2 N–H and O–H groups in total. The minimum Gasteiger partial charge on any atom is -0.346 e. The molecule has 1 aliphatic rings. The van der Waals surface area contributed by atoms with Gasteiger partial charge in [0.15, 0.2) is 0 Å². The molecule has 0 spiro atoms. The van der Waals surface area contributed by atoms with Gasteiger partial charge in [0.2, 0.25) is 0 Å². The monoisotopic (exact) mass is 207 g/mol. The molecule has 0 amide bonds. The molecule has 0 bridgehead atoms. The van der Waals surface area contributed by atoms with Crippen LogP contribution in [0.1, 0.15) is 43.4 Å². The zero-order valence-corrected chi connectivity index (χ0v) is 9.77. The van der Waals surface area contributed by atoms with Crippen molar-refractivity contribution in [1.82, 2.24) is 15.3 Å². The number of hydrogen-bond acceptors (Lipinski definition) is 2. The Kier molecular flexibility index (Phi) is 3.41. The highest BCUT2D eigenvalue weighted by Crippen LogP contribution is 2.13. The minimum absolute atomic E-state index is 0.644. The van der Waals surface area contributed by atoms with Gasteiger partial charge in [-0.25, -0.2) is 4.98 Å². The summed E-state index contributed by atoms with van der Waals surface area (Å²) in [6.07, 6.45) is 5.94. The third-order valence-electron chi connectivity index (χ3n) is 3.12. The molecule has 15 heavy (non-hydrogen) atoms. The number of aromatic amines is 1. The van der Waals surface area contributed by atoms with Gasteiger partial charge in [0.05, 0.1) is 5.69 Å². The summed E-state index contributed by atoms with van der Waals surface area (Å²) >= 11 is 0. The molecule has 0 aromatic carbocycles. The molecule has 1 aromatic heterocycles. The summed E-state index contributed by atoms with van der Waals surface area (Å²) in [5, 5.41) is 3.51. The minimum atomic E-state index is 0.644. The standard InChI is InChI=1S/C12H21N3/c1-3-5-11-9(2)14-12(15-11)8-10-6-4-7-13-10/h10,13H,3-8H2,1-2H3,(H,14,15). The summed E-state index contributed by atoms with van der Waals surface area (Å²) < 4.78 is 0. The molecule has 0 radical (unpaired) electrons. The lowest BCUT2D eigenvalue weighted by atomic mass is 10.1. The van der Waals surface area contributed by atoms with Crippen molar-refractivity contribution in [2.75, 3.05) is 6.54 Å². The van der Waals surface area contributed by atoms with Gasteiger partial charge in [0, 0.05) is 18.2 Å². The molecule has 1 saturated heterocycles. The number of H-pyrrole nitrogens is 1. The van der Waals surface area contributed by atoms with Crippen molar-refractivity contribution in [2.45, 2.75) is 52.0 Å². The molecule has 1 fully saturated rings. The molecule has 1 unspecified atom stereocenters. The number of nitrogens with zero attached hydrogens (tertiary/aromatic N) is 1. The Morgan fingerprint density at radius 1 is 1.47 bits per heavy atom. The van der Waals surface area contributed by atoms with Crippen LogP contribution in [-0.2, 0) is 12.8 Å². The summed E-state index contributed by atoms with van der Waals surface area (Å²) in [4.78, 5) is 8.07. The zero-order valence-electron chi connectivity index (χ0n) is 9.77. The highest BCUT2D eigenvalue weighted by molar-refractivity contribution is 5.13. The Balaban J connectivity index is 1.98. The van der Waals surface area contributed by atoms with Crippen molar-refractivity contribution in [3.05, 3.63) is 17.2 Å². The second-order valence-electron chi connectivity index (χ2n) is 4.50. The summed E-state index contributed by atoms with van der Waals surface area (Å²) in [5.74, 6) is 1.16. The van der Waals surface area contributed by atoms with Crippen LogP contribution in [-0.4, -0.2) is 22.6 Å². The van der Waals surface area contributed by atoms with E-state index in [-0.39, 0.29) is 0 Å². The Bertz CT molecular complexity index is 311. The van der Waals surface area contributed by atoms with Crippen molar-refractivity contribution in [2.24, 2.45) is 0 Å². The van der Waals surface area contributed by atoms with E-state index >= 15 is 0 Å². The molecule has 1 aliphatic heterocycles. The molecule has 0 aliphatic carbocycles. The van der Waals surface area contributed by atoms with Gasteiger partial charge < -0.3 is 10.3 Å². The van der Waals surface area contributed by atoms with Crippen LogP contribution in [0.15, 0.2) is 0 Å². The van der Waals surface area contributed by atoms with Crippen LogP contribution in [0.4, 0.5) is 0 Å². The Labute approximate surface area is 91.7 Å². The van der Waals surface area contributed by atoms with Crippen LogP contribution in [0.2, 0.25) is 0 Å². The third-order valence-corrected chi connectivity index (χ3v) is 3.12. The average Bonchev–Trinajstić information content (AvgIpc) is 2.79. The van der Waals surface area contributed by atoms with Crippen LogP contribution < -0.4 is 5.32 Å². The van der Waals surface area contributed by atoms with Crippen LogP contribution in [0.25, 0.3) is 0 Å². The lowest BCUT2D eigenvalue weighted by molar-refractivity contribution is 0.587. The first-order chi connectivity index (χ1) is 7.29. The van der Waals surface area contributed by atoms with E-state index in [1.165, 1.54) is 37.2 Å². The SMILES string of the molecule is CCCc1nc(CC2CCCN2)[nH]c1C. The van der Waals surface area contributed by atoms with Gasteiger partial charge in [-0.2, -0.15) is 0 Å². The normalized spacial score (nSPS) is 21.1. The van der Waals surface area contributed by atoms with Crippen LogP contribution >= 0.6 is 0 Å². The van der Waals surface area contributed by atoms with E-state index in [0.717, 1.165) is 18.7 Å². The van der Waals surface area contributed by atoms with E-state index in [0.29, 0.717) is 6.04 Å². The highest BCUT2D eigenvalue weighted by Gasteiger charge is 2.16. The second kappa shape index (κ2) is 4.79. The lowest BCUT2D eigenvalue weighted by Gasteiger charge is -2.06. The first-order valence-electron chi connectivity index (χ1n) is 6.07. The zero-order chi connectivity index (χ0) is 10.7. The quantitative estimate of drug-likeness (QED) is 0.792. The van der Waals surface area contributed by atoms with Gasteiger partial charge in [0.1, 0.15) is 5.82 Å². The van der Waals surface area contributed by atoms with Crippen LogP contribution in [0.5, 0.6) is 0 Å². The average molecular weight is 207 g/mol. The van der Waals surface area contributed by atoms with Crippen molar-refractivity contribution >= 4 is 0 Å². The largest absolute Gasteiger partial charge is 0.346 e. The smallest absolute Gasteiger partial charge is 0.108 e. The maximum atomic E-state index is 4.67. The Morgan fingerprint density at radius 3 is 3.00 bits per heavy atom. The van der Waals surface area contributed by atoms with Gasteiger partial charge in [-0.3, -0.25) is 0 Å². The first-order valence-corrected chi connectivity index (χ1v) is 6.07. The molecule has 2 rings (SSSR count). The Hall–Kier alpha value is -0.830. The molecule has 3 heteroatoms. The summed E-state index contributed by atoms with van der Waals surface area (Å²) in [5.41, 5.74) is 2.51. The molecule has 84 valence electrons. The number of nitrogens with one attached hydrogen (secondary N) is 2. The molecule has 1 aromatic rings. The summed E-state index contributed by atoms with van der Waals surface area (Å²) in [7, 11) is 0. The number of aryl methyl sites for hydroxylation is 2. The lowest BCUT2D eigenvalue weighted by Crippen LogP contribution is -2.24. The van der Waals surface area contributed by atoms with Crippen molar-refractivity contribution in [1.29, 1.82) is 0 Å². The van der Waals surface area contributed by atoms with Gasteiger partial charge in [-0.1, -0.05) is 13.3 Å². The van der Waals surface area contributed by atoms with Crippen LogP contribution in [0.3, 0.4) is 0 Å². The number of aromatic nitrogens is 2. The third kappa shape index (κ3) is 2.59. The molecular weight excluding hydrogens is 186 g/mol. The van der Waals surface area contributed by atoms with E-state index in [1.54, 1.807) is 0 Å². The van der Waals surface area contributed by atoms with Crippen molar-refractivity contribution in [3.8, 4) is 0 Å². The second-order valence-corrected chi connectivity index (χ2v) is 4.50. The van der Waals surface area contributed by atoms with Crippen molar-refractivity contribution < 1.29 is 0 Å². The number of rotatable bonds is 4. The van der Waals surface area contributed by atoms with E-state index in [1.807, 2.05) is 0 Å². The number of imidazole rings is 1. The maximum absolute atomic E-state index is 4.67. The van der Waals surface area contributed by atoms with E-state index in [9.17, 15) is 0 Å². The molecule has 0 saturated carbocycles. The molecule has 3 nitrogen and oxygen atoms in total. The maximum Gasteiger partial charge on any atom is 0.108 e. The number of hydrogen-bond donors (Lipinski definition) is 2. The topological polar surface area (TPSA) is 40.7 Å². The highest BCUT2D eigenvalue weighted by atomic mass is 15.0.